The van der Waals surface area contributed by atoms with Crippen molar-refractivity contribution in [1.82, 2.24) is 0 Å². The first-order chi connectivity index (χ1) is 7.60. The Morgan fingerprint density at radius 3 is 3.06 bits per heavy atom. The van der Waals surface area contributed by atoms with Gasteiger partial charge >= 0.3 is 0 Å². The molecule has 82 valence electrons. The SMILES string of the molecule is CC12C=CC=C(Cl)C1c1ccc(F)cc1O2. The largest absolute Gasteiger partial charge is 0.482 e. The third-order valence-corrected chi connectivity index (χ3v) is 3.49. The maximum atomic E-state index is 13.1. The number of ether oxygens (including phenoxy) is 1. The third kappa shape index (κ3) is 1.23. The van der Waals surface area contributed by atoms with Crippen LogP contribution >= 0.6 is 11.6 Å². The Labute approximate surface area is 98.2 Å². The van der Waals surface area contributed by atoms with Gasteiger partial charge in [-0.15, -0.1) is 0 Å². The summed E-state index contributed by atoms with van der Waals surface area (Å²) in [6.45, 7) is 1.96. The number of allylic oxidation sites excluding steroid dienone is 2. The Morgan fingerprint density at radius 2 is 2.25 bits per heavy atom. The molecule has 1 aliphatic heterocycles. The van der Waals surface area contributed by atoms with Crippen molar-refractivity contribution in [3.8, 4) is 5.75 Å². The number of hydrogen-bond acceptors (Lipinski definition) is 1. The van der Waals surface area contributed by atoms with Gasteiger partial charge in [-0.3, -0.25) is 0 Å². The van der Waals surface area contributed by atoms with Crippen molar-refractivity contribution in [2.24, 2.45) is 0 Å². The molecule has 1 aromatic carbocycles. The van der Waals surface area contributed by atoms with Gasteiger partial charge < -0.3 is 4.74 Å². The number of hydrogen-bond donors (Lipinski definition) is 0. The minimum atomic E-state index is -0.484. The van der Waals surface area contributed by atoms with E-state index in [0.717, 1.165) is 10.6 Å². The summed E-state index contributed by atoms with van der Waals surface area (Å²) >= 11 is 6.21. The molecule has 1 nitrogen and oxygen atoms in total. The van der Waals surface area contributed by atoms with Gasteiger partial charge in [-0.1, -0.05) is 23.7 Å². The molecule has 0 radical (unpaired) electrons. The molecule has 3 heteroatoms. The van der Waals surface area contributed by atoms with Crippen LogP contribution in [0, 0.1) is 5.82 Å². The second kappa shape index (κ2) is 3.11. The van der Waals surface area contributed by atoms with Crippen molar-refractivity contribution in [3.63, 3.8) is 0 Å². The lowest BCUT2D eigenvalue weighted by Crippen LogP contribution is -2.33. The summed E-state index contributed by atoms with van der Waals surface area (Å²) in [6, 6.07) is 4.60. The van der Waals surface area contributed by atoms with Crippen LogP contribution in [0.1, 0.15) is 18.4 Å². The molecule has 3 rings (SSSR count). The van der Waals surface area contributed by atoms with E-state index in [-0.39, 0.29) is 11.7 Å². The van der Waals surface area contributed by atoms with Crippen molar-refractivity contribution in [2.75, 3.05) is 0 Å². The van der Waals surface area contributed by atoms with Gasteiger partial charge in [0, 0.05) is 16.7 Å². The van der Waals surface area contributed by atoms with E-state index in [9.17, 15) is 4.39 Å². The van der Waals surface area contributed by atoms with E-state index in [1.807, 2.05) is 25.2 Å². The quantitative estimate of drug-likeness (QED) is 0.667. The van der Waals surface area contributed by atoms with Gasteiger partial charge in [-0.2, -0.15) is 0 Å². The molecule has 2 unspecified atom stereocenters. The van der Waals surface area contributed by atoms with Crippen molar-refractivity contribution < 1.29 is 9.13 Å². The number of rotatable bonds is 0. The minimum absolute atomic E-state index is 0.0187. The lowest BCUT2D eigenvalue weighted by molar-refractivity contribution is 0.153. The molecule has 0 bridgehead atoms. The molecule has 0 saturated heterocycles. The zero-order chi connectivity index (χ0) is 11.3. The molecular weight excluding hydrogens is 227 g/mol. The van der Waals surface area contributed by atoms with Gasteiger partial charge in [0.2, 0.25) is 0 Å². The normalized spacial score (nSPS) is 30.4. The lowest BCUT2D eigenvalue weighted by Gasteiger charge is -2.29. The lowest BCUT2D eigenvalue weighted by atomic mass is 9.82. The fraction of sp³-hybridized carbons (Fsp3) is 0.231. The Hall–Kier alpha value is -1.28. The number of fused-ring (bicyclic) bond motifs is 3. The van der Waals surface area contributed by atoms with Gasteiger partial charge in [0.25, 0.3) is 0 Å². The average Bonchev–Trinajstić information content (AvgIpc) is 2.49. The molecule has 0 saturated carbocycles. The highest BCUT2D eigenvalue weighted by Crippen LogP contribution is 2.51. The molecule has 16 heavy (non-hydrogen) atoms. The van der Waals surface area contributed by atoms with Gasteiger partial charge in [0.15, 0.2) is 0 Å². The van der Waals surface area contributed by atoms with E-state index in [1.54, 1.807) is 6.07 Å². The highest BCUT2D eigenvalue weighted by molar-refractivity contribution is 6.30. The highest BCUT2D eigenvalue weighted by Gasteiger charge is 2.45. The van der Waals surface area contributed by atoms with Crippen molar-refractivity contribution in [3.05, 3.63) is 52.8 Å². The summed E-state index contributed by atoms with van der Waals surface area (Å²) in [6.07, 6.45) is 5.69. The van der Waals surface area contributed by atoms with E-state index in [1.165, 1.54) is 12.1 Å². The zero-order valence-electron chi connectivity index (χ0n) is 8.71. The Kier molecular flexibility index (Phi) is 1.93. The second-order valence-electron chi connectivity index (χ2n) is 4.31. The summed E-state index contributed by atoms with van der Waals surface area (Å²) in [5, 5.41) is 0.732. The summed E-state index contributed by atoms with van der Waals surface area (Å²) in [7, 11) is 0. The minimum Gasteiger partial charge on any atom is -0.482 e. The van der Waals surface area contributed by atoms with E-state index in [0.29, 0.717) is 5.75 Å². The van der Waals surface area contributed by atoms with Crippen LogP contribution in [-0.4, -0.2) is 5.60 Å². The molecule has 1 aliphatic carbocycles. The summed E-state index contributed by atoms with van der Waals surface area (Å²) in [5.41, 5.74) is 0.469. The Bertz CT molecular complexity index is 521. The van der Waals surface area contributed by atoms with Crippen LogP contribution in [0.15, 0.2) is 41.5 Å². The van der Waals surface area contributed by atoms with E-state index in [2.05, 4.69) is 0 Å². The van der Waals surface area contributed by atoms with Crippen molar-refractivity contribution in [1.29, 1.82) is 0 Å². The van der Waals surface area contributed by atoms with Crippen LogP contribution in [-0.2, 0) is 0 Å². The summed E-state index contributed by atoms with van der Waals surface area (Å²) in [5.74, 6) is 0.283. The van der Waals surface area contributed by atoms with Crippen LogP contribution in [0.2, 0.25) is 0 Å². The van der Waals surface area contributed by atoms with E-state index in [4.69, 9.17) is 16.3 Å². The highest BCUT2D eigenvalue weighted by atomic mass is 35.5. The molecule has 0 amide bonds. The van der Waals surface area contributed by atoms with E-state index < -0.39 is 5.60 Å². The first-order valence-electron chi connectivity index (χ1n) is 5.13. The van der Waals surface area contributed by atoms with Gasteiger partial charge in [-0.25, -0.2) is 4.39 Å². The summed E-state index contributed by atoms with van der Waals surface area (Å²) in [4.78, 5) is 0. The molecule has 1 aromatic rings. The smallest absolute Gasteiger partial charge is 0.136 e. The number of halogens is 2. The van der Waals surface area contributed by atoms with Gasteiger partial charge in [0.1, 0.15) is 17.2 Å². The van der Waals surface area contributed by atoms with Gasteiger partial charge in [-0.05, 0) is 25.1 Å². The molecular formula is C13H10ClFO. The predicted octanol–water partition coefficient (Wildman–Crippen LogP) is 3.75. The van der Waals surface area contributed by atoms with Crippen molar-refractivity contribution in [2.45, 2.75) is 18.4 Å². The predicted molar refractivity (Wildman–Crippen MR) is 61.3 cm³/mol. The molecule has 0 N–H and O–H groups in total. The maximum absolute atomic E-state index is 13.1. The topological polar surface area (TPSA) is 9.23 Å². The zero-order valence-corrected chi connectivity index (χ0v) is 9.46. The first-order valence-corrected chi connectivity index (χ1v) is 5.51. The molecule has 2 aliphatic rings. The third-order valence-electron chi connectivity index (χ3n) is 3.15. The summed E-state index contributed by atoms with van der Waals surface area (Å²) < 4.78 is 18.9. The maximum Gasteiger partial charge on any atom is 0.136 e. The van der Waals surface area contributed by atoms with Crippen LogP contribution < -0.4 is 4.74 Å². The fourth-order valence-corrected chi connectivity index (χ4v) is 2.83. The van der Waals surface area contributed by atoms with Crippen LogP contribution in [0.4, 0.5) is 4.39 Å². The Balaban J connectivity index is 2.19. The van der Waals surface area contributed by atoms with Crippen LogP contribution in [0.3, 0.4) is 0 Å². The van der Waals surface area contributed by atoms with E-state index >= 15 is 0 Å². The van der Waals surface area contributed by atoms with Gasteiger partial charge in [0.05, 0.1) is 5.92 Å². The average molecular weight is 237 g/mol. The monoisotopic (exact) mass is 236 g/mol. The first kappa shape index (κ1) is 9.91. The van der Waals surface area contributed by atoms with Crippen LogP contribution in [0.5, 0.6) is 5.75 Å². The van der Waals surface area contributed by atoms with Crippen LogP contribution in [0.25, 0.3) is 0 Å². The standard InChI is InChI=1S/C13H10ClFO/c1-13-6-2-3-10(14)12(13)9-5-4-8(15)7-11(9)16-13/h2-7,12H,1H3. The fourth-order valence-electron chi connectivity index (χ4n) is 2.42. The van der Waals surface area contributed by atoms with Crippen molar-refractivity contribution >= 4 is 11.6 Å². The molecule has 2 atom stereocenters. The second-order valence-corrected chi connectivity index (χ2v) is 4.75. The molecule has 0 aromatic heterocycles. The molecule has 0 fully saturated rings. The Morgan fingerprint density at radius 1 is 1.44 bits per heavy atom. The molecule has 0 spiro atoms. The number of benzene rings is 1. The molecule has 1 heterocycles.